The van der Waals surface area contributed by atoms with Crippen LogP contribution in [0.15, 0.2) is 35.2 Å². The normalized spacial score (nSPS) is 11.5. The van der Waals surface area contributed by atoms with Crippen LogP contribution in [0, 0.1) is 0 Å². The first kappa shape index (κ1) is 17.9. The predicted molar refractivity (Wildman–Crippen MR) is 82.1 cm³/mol. The van der Waals surface area contributed by atoms with Crippen molar-refractivity contribution < 1.29 is 26.7 Å². The average Bonchev–Trinajstić information content (AvgIpc) is 2.78. The number of amides is 1. The maximum Gasteiger partial charge on any atom is 0.387 e. The van der Waals surface area contributed by atoms with E-state index in [1.54, 1.807) is 4.72 Å². The molecule has 5 nitrogen and oxygen atoms in total. The third kappa shape index (κ3) is 4.31. The van der Waals surface area contributed by atoms with Crippen LogP contribution in [0.5, 0.6) is 5.75 Å². The molecule has 2 rings (SSSR count). The molecule has 0 fully saturated rings. The van der Waals surface area contributed by atoms with E-state index in [2.05, 4.69) is 4.74 Å². The molecule has 124 valence electrons. The highest BCUT2D eigenvalue weighted by molar-refractivity contribution is 7.90. The number of ether oxygens (including phenoxy) is 1. The maximum atomic E-state index is 12.3. The standard InChI is InChI=1S/C12H7Cl2F2NO4S2/c13-9-5-8(10(14)22-9)23(19,20)17-11(18)6-3-1-2-4-7(6)21-12(15)16/h1-5,12H,(H,17,18). The van der Waals surface area contributed by atoms with Gasteiger partial charge in [-0.05, 0) is 18.2 Å². The van der Waals surface area contributed by atoms with E-state index in [4.69, 9.17) is 23.2 Å². The molecule has 0 spiro atoms. The number of nitrogens with one attached hydrogen (secondary N) is 1. The number of halogens is 4. The fraction of sp³-hybridized carbons (Fsp3) is 0.0833. The molecule has 1 aromatic heterocycles. The lowest BCUT2D eigenvalue weighted by Gasteiger charge is -2.10. The molecule has 0 radical (unpaired) electrons. The summed E-state index contributed by atoms with van der Waals surface area (Å²) < 4.78 is 54.8. The van der Waals surface area contributed by atoms with Gasteiger partial charge >= 0.3 is 6.61 Å². The summed E-state index contributed by atoms with van der Waals surface area (Å²) in [6.07, 6.45) is 0. The summed E-state index contributed by atoms with van der Waals surface area (Å²) in [6, 6.07) is 6.06. The molecular weight excluding hydrogens is 395 g/mol. The summed E-state index contributed by atoms with van der Waals surface area (Å²) in [7, 11) is -4.31. The Morgan fingerprint density at radius 3 is 2.48 bits per heavy atom. The average molecular weight is 402 g/mol. The molecule has 1 aromatic carbocycles. The fourth-order valence-electron chi connectivity index (χ4n) is 1.59. The molecule has 0 aliphatic rings. The van der Waals surface area contributed by atoms with Crippen LogP contribution in [0.25, 0.3) is 0 Å². The Balaban J connectivity index is 2.31. The van der Waals surface area contributed by atoms with Gasteiger partial charge in [0, 0.05) is 0 Å². The first-order chi connectivity index (χ1) is 10.7. The minimum absolute atomic E-state index is 0.115. The van der Waals surface area contributed by atoms with Gasteiger partial charge in [-0.15, -0.1) is 11.3 Å². The Labute approximate surface area is 143 Å². The van der Waals surface area contributed by atoms with Crippen molar-refractivity contribution in [2.24, 2.45) is 0 Å². The second kappa shape index (κ2) is 7.00. The molecule has 0 unspecified atom stereocenters. The van der Waals surface area contributed by atoms with Gasteiger partial charge in [0.15, 0.2) is 0 Å². The summed E-state index contributed by atoms with van der Waals surface area (Å²) >= 11 is 12.2. The Morgan fingerprint density at radius 1 is 1.26 bits per heavy atom. The van der Waals surface area contributed by atoms with Gasteiger partial charge in [0.05, 0.1) is 9.90 Å². The number of para-hydroxylation sites is 1. The highest BCUT2D eigenvalue weighted by Gasteiger charge is 2.25. The molecule has 1 amide bonds. The van der Waals surface area contributed by atoms with Crippen LogP contribution >= 0.6 is 34.5 Å². The molecular formula is C12H7Cl2F2NO4S2. The molecule has 0 bridgehead atoms. The second-order valence-electron chi connectivity index (χ2n) is 4.00. The quantitative estimate of drug-likeness (QED) is 0.827. The Bertz CT molecular complexity index is 839. The minimum atomic E-state index is -4.31. The van der Waals surface area contributed by atoms with E-state index in [1.807, 2.05) is 0 Å². The summed E-state index contributed by atoms with van der Waals surface area (Å²) in [5, 5.41) is 0. The van der Waals surface area contributed by atoms with Crippen molar-refractivity contribution >= 4 is 50.5 Å². The fourth-order valence-corrected chi connectivity index (χ4v) is 4.71. The van der Waals surface area contributed by atoms with Crippen molar-refractivity contribution in [3.8, 4) is 5.75 Å². The topological polar surface area (TPSA) is 72.5 Å². The minimum Gasteiger partial charge on any atom is -0.434 e. The van der Waals surface area contributed by atoms with Crippen LogP contribution in [-0.2, 0) is 10.0 Å². The molecule has 0 aliphatic carbocycles. The van der Waals surface area contributed by atoms with Crippen LogP contribution in [0.4, 0.5) is 8.78 Å². The number of hydrogen-bond donors (Lipinski definition) is 1. The number of carbonyl (C=O) groups is 1. The Hall–Kier alpha value is -1.42. The molecule has 1 heterocycles. The summed E-state index contributed by atoms with van der Waals surface area (Å²) in [4.78, 5) is 11.7. The van der Waals surface area contributed by atoms with Crippen molar-refractivity contribution in [3.63, 3.8) is 0 Å². The SMILES string of the molecule is O=C(NS(=O)(=O)c1cc(Cl)sc1Cl)c1ccccc1OC(F)F. The van der Waals surface area contributed by atoms with Crippen LogP contribution in [0.3, 0.4) is 0 Å². The first-order valence-electron chi connectivity index (χ1n) is 5.76. The second-order valence-corrected chi connectivity index (χ2v) is 7.93. The van der Waals surface area contributed by atoms with Crippen LogP contribution in [0.2, 0.25) is 8.67 Å². The molecule has 11 heteroatoms. The molecule has 0 atom stereocenters. The Kier molecular flexibility index (Phi) is 5.45. The van der Waals surface area contributed by atoms with Crippen LogP contribution in [-0.4, -0.2) is 20.9 Å². The summed E-state index contributed by atoms with van der Waals surface area (Å²) in [6.45, 7) is -3.16. The molecule has 1 N–H and O–H groups in total. The lowest BCUT2D eigenvalue weighted by atomic mass is 10.2. The molecule has 2 aromatic rings. The molecule has 23 heavy (non-hydrogen) atoms. The number of carbonyl (C=O) groups excluding carboxylic acids is 1. The highest BCUT2D eigenvalue weighted by Crippen LogP contribution is 2.34. The van der Waals surface area contributed by atoms with Gasteiger partial charge in [-0.2, -0.15) is 8.78 Å². The van der Waals surface area contributed by atoms with E-state index >= 15 is 0 Å². The summed E-state index contributed by atoms with van der Waals surface area (Å²) in [5.41, 5.74) is -0.367. The highest BCUT2D eigenvalue weighted by atomic mass is 35.5. The van der Waals surface area contributed by atoms with E-state index < -0.39 is 28.3 Å². The lowest BCUT2D eigenvalue weighted by molar-refractivity contribution is -0.0501. The maximum absolute atomic E-state index is 12.3. The van der Waals surface area contributed by atoms with E-state index in [-0.39, 0.29) is 19.1 Å². The number of benzene rings is 1. The number of sulfonamides is 1. The van der Waals surface area contributed by atoms with Gasteiger partial charge in [0.25, 0.3) is 15.9 Å². The van der Waals surface area contributed by atoms with Gasteiger partial charge < -0.3 is 4.74 Å². The first-order valence-corrected chi connectivity index (χ1v) is 8.82. The molecule has 0 aliphatic heterocycles. The van der Waals surface area contributed by atoms with Crippen LogP contribution in [0.1, 0.15) is 10.4 Å². The molecule has 0 saturated heterocycles. The zero-order valence-corrected chi connectivity index (χ0v) is 14.1. The lowest BCUT2D eigenvalue weighted by Crippen LogP contribution is -2.31. The summed E-state index contributed by atoms with van der Waals surface area (Å²) in [5.74, 6) is -1.59. The number of thiophene rings is 1. The van der Waals surface area contributed by atoms with Crippen molar-refractivity contribution in [1.29, 1.82) is 0 Å². The van der Waals surface area contributed by atoms with Gasteiger partial charge in [-0.1, -0.05) is 35.3 Å². The van der Waals surface area contributed by atoms with Crippen molar-refractivity contribution in [1.82, 2.24) is 4.72 Å². The Morgan fingerprint density at radius 2 is 1.91 bits per heavy atom. The number of rotatable bonds is 5. The van der Waals surface area contributed by atoms with Gasteiger partial charge in [0.2, 0.25) is 0 Å². The zero-order chi connectivity index (χ0) is 17.2. The third-order valence-electron chi connectivity index (χ3n) is 2.49. The third-order valence-corrected chi connectivity index (χ3v) is 5.57. The van der Waals surface area contributed by atoms with E-state index in [0.717, 1.165) is 29.5 Å². The van der Waals surface area contributed by atoms with Crippen LogP contribution < -0.4 is 9.46 Å². The van der Waals surface area contributed by atoms with Gasteiger partial charge in [-0.25, -0.2) is 13.1 Å². The van der Waals surface area contributed by atoms with Gasteiger partial charge in [-0.3, -0.25) is 4.79 Å². The van der Waals surface area contributed by atoms with Crippen molar-refractivity contribution in [2.75, 3.05) is 0 Å². The predicted octanol–water partition coefficient (Wildman–Crippen LogP) is 3.78. The largest absolute Gasteiger partial charge is 0.434 e. The smallest absolute Gasteiger partial charge is 0.387 e. The molecule has 0 saturated carbocycles. The van der Waals surface area contributed by atoms with Gasteiger partial charge in [0.1, 0.15) is 15.0 Å². The number of hydrogen-bond acceptors (Lipinski definition) is 5. The van der Waals surface area contributed by atoms with Crippen molar-refractivity contribution in [2.45, 2.75) is 11.5 Å². The van der Waals surface area contributed by atoms with Crippen molar-refractivity contribution in [3.05, 3.63) is 44.6 Å². The van der Waals surface area contributed by atoms with E-state index in [9.17, 15) is 22.0 Å². The van der Waals surface area contributed by atoms with E-state index in [1.165, 1.54) is 12.1 Å². The monoisotopic (exact) mass is 401 g/mol. The van der Waals surface area contributed by atoms with E-state index in [0.29, 0.717) is 0 Å². The number of alkyl halides is 2. The zero-order valence-electron chi connectivity index (χ0n) is 10.9.